The Balaban J connectivity index is 0.000000178. The van der Waals surface area contributed by atoms with Crippen LogP contribution in [0.25, 0.3) is 44.8 Å². The van der Waals surface area contributed by atoms with Gasteiger partial charge in [0.05, 0.1) is 0 Å². The van der Waals surface area contributed by atoms with Gasteiger partial charge in [0.2, 0.25) is 0 Å². The number of benzene rings is 4. The van der Waals surface area contributed by atoms with E-state index in [1.54, 1.807) is 24.2 Å². The summed E-state index contributed by atoms with van der Waals surface area (Å²) in [5.41, 5.74) is 5.32. The zero-order valence-electron chi connectivity index (χ0n) is 21.5. The Morgan fingerprint density at radius 1 is 0.763 bits per heavy atom. The van der Waals surface area contributed by atoms with E-state index < -0.39 is 0 Å². The first-order chi connectivity index (χ1) is 17.6. The van der Waals surface area contributed by atoms with Crippen LogP contribution in [-0.2, 0) is 30.7 Å². The fourth-order valence-corrected chi connectivity index (χ4v) is 4.88. The van der Waals surface area contributed by atoms with E-state index in [0.717, 1.165) is 6.42 Å². The predicted molar refractivity (Wildman–Crippen MR) is 153 cm³/mol. The second-order valence-electron chi connectivity index (χ2n) is 9.20. The minimum absolute atomic E-state index is 0. The van der Waals surface area contributed by atoms with E-state index in [9.17, 15) is 0 Å². The number of rotatable bonds is 1. The number of allylic oxidation sites excluding steroid dienone is 3. The summed E-state index contributed by atoms with van der Waals surface area (Å²) in [5, 5.41) is 8.06. The van der Waals surface area contributed by atoms with Gasteiger partial charge >= 0.3 is 41.3 Å². The van der Waals surface area contributed by atoms with Crippen LogP contribution < -0.4 is 35.3 Å². The molecule has 0 amide bonds. The van der Waals surface area contributed by atoms with Gasteiger partial charge in [0, 0.05) is 0 Å². The Kier molecular flexibility index (Phi) is 10.9. The molecule has 0 atom stereocenters. The van der Waals surface area contributed by atoms with Gasteiger partial charge in [0.25, 0.3) is 0 Å². The summed E-state index contributed by atoms with van der Waals surface area (Å²) in [7, 11) is 0. The first-order valence-corrected chi connectivity index (χ1v) is 13.6. The van der Waals surface area contributed by atoms with Crippen LogP contribution in [0.15, 0.2) is 109 Å². The minimum atomic E-state index is 0. The van der Waals surface area contributed by atoms with Crippen LogP contribution in [0.1, 0.15) is 25.0 Å². The van der Waals surface area contributed by atoms with E-state index in [1.807, 2.05) is 6.08 Å². The van der Waals surface area contributed by atoms with Gasteiger partial charge in [-0.25, -0.2) is 0 Å². The van der Waals surface area contributed by atoms with Crippen LogP contribution in [0.4, 0.5) is 0 Å². The molecule has 0 aromatic heterocycles. The van der Waals surface area contributed by atoms with E-state index >= 15 is 0 Å². The average Bonchev–Trinajstić information content (AvgIpc) is 3.60. The first-order valence-electron chi connectivity index (χ1n) is 12.4. The monoisotopic (exact) mass is 608 g/mol. The van der Waals surface area contributed by atoms with Gasteiger partial charge in [0.1, 0.15) is 0 Å². The third-order valence-corrected chi connectivity index (χ3v) is 6.37. The molecule has 0 bridgehead atoms. The fourth-order valence-electron chi connectivity index (χ4n) is 4.88. The van der Waals surface area contributed by atoms with Crippen molar-refractivity contribution in [3.63, 3.8) is 0 Å². The number of fused-ring (bicyclic) bond motifs is 7. The Labute approximate surface area is 252 Å². The zero-order valence-corrected chi connectivity index (χ0v) is 25.5. The Bertz CT molecular complexity index is 1730. The molecule has 2 aliphatic carbocycles. The third kappa shape index (κ3) is 6.47. The molecule has 0 aliphatic heterocycles. The summed E-state index contributed by atoms with van der Waals surface area (Å²) >= 11 is 1.55. The number of hydrogen-bond acceptors (Lipinski definition) is 0. The Hall–Kier alpha value is -2.70. The summed E-state index contributed by atoms with van der Waals surface area (Å²) < 4.78 is 1.51. The Morgan fingerprint density at radius 2 is 1.45 bits per heavy atom. The van der Waals surface area contributed by atoms with E-state index in [-0.39, 0.29) is 24.8 Å². The molecule has 0 saturated heterocycles. The first kappa shape index (κ1) is 29.9. The van der Waals surface area contributed by atoms with E-state index in [0.29, 0.717) is 0 Å². The van der Waals surface area contributed by atoms with Gasteiger partial charge in [0.15, 0.2) is 0 Å². The van der Waals surface area contributed by atoms with Gasteiger partial charge in [-0.3, -0.25) is 0 Å². The smallest absolute Gasteiger partial charge is 0.0279 e. The molecule has 0 heterocycles. The molecule has 5 aromatic rings. The van der Waals surface area contributed by atoms with Crippen molar-refractivity contribution in [1.82, 2.24) is 0 Å². The molecular weight excluding hydrogens is 583 g/mol. The largest absolute Gasteiger partial charge is 1.00 e. The standard InChI is InChI=1S/C17H11.C15H11.C3H6.2ClH.Zr/c1-3-8-14-12(6-1)13-7-2-4-9-15(13)17-11-5-10-16(14)17;1-2-6-12(7-3-1)14-10-4-8-13-9-5-11-15(13)14;1-3-2;;;/h1-8,10H,9H2;1-11H;1-2H3;2*1H;/q2*-1;;;;+2/p-2. The summed E-state index contributed by atoms with van der Waals surface area (Å²) in [6.07, 6.45) is 15.2. The summed E-state index contributed by atoms with van der Waals surface area (Å²) in [5.74, 6) is 0. The maximum absolute atomic E-state index is 3.39. The Morgan fingerprint density at radius 3 is 2.18 bits per heavy atom. The third-order valence-electron chi connectivity index (χ3n) is 6.37. The van der Waals surface area contributed by atoms with Crippen LogP contribution in [0.2, 0.25) is 0 Å². The predicted octanol–water partition coefficient (Wildman–Crippen LogP) is 1.21. The van der Waals surface area contributed by atoms with Crippen LogP contribution in [0.5, 0.6) is 0 Å². The minimum Gasteiger partial charge on any atom is -1.00 e. The number of halogens is 2. The maximum Gasteiger partial charge on any atom is -0.0279 e. The van der Waals surface area contributed by atoms with Crippen LogP contribution in [0.3, 0.4) is 0 Å². The van der Waals surface area contributed by atoms with Crippen molar-refractivity contribution in [3.8, 4) is 11.1 Å². The average molecular weight is 611 g/mol. The van der Waals surface area contributed by atoms with Gasteiger partial charge in [-0.05, 0) is 17.4 Å². The molecule has 188 valence electrons. The summed E-state index contributed by atoms with van der Waals surface area (Å²) in [6.45, 7) is 4.25. The van der Waals surface area contributed by atoms with Crippen molar-refractivity contribution in [1.29, 1.82) is 0 Å². The van der Waals surface area contributed by atoms with Crippen molar-refractivity contribution in [2.24, 2.45) is 0 Å². The van der Waals surface area contributed by atoms with Crippen LogP contribution in [0, 0.1) is 6.08 Å². The molecule has 38 heavy (non-hydrogen) atoms. The molecule has 0 spiro atoms. The normalized spacial score (nSPS) is 11.8. The van der Waals surface area contributed by atoms with Crippen molar-refractivity contribution >= 4 is 36.9 Å². The van der Waals surface area contributed by atoms with E-state index in [1.165, 1.54) is 57.4 Å². The molecule has 0 fully saturated rings. The molecule has 0 saturated carbocycles. The molecule has 0 nitrogen and oxygen atoms in total. The van der Waals surface area contributed by atoms with Gasteiger partial charge in [-0.15, -0.1) is 51.4 Å². The zero-order chi connectivity index (χ0) is 24.9. The molecule has 0 N–H and O–H groups in total. The fraction of sp³-hybridized carbons (Fsp3) is 0.0857. The second-order valence-corrected chi connectivity index (χ2v) is 11.7. The van der Waals surface area contributed by atoms with Crippen molar-refractivity contribution < 1.29 is 49.0 Å². The van der Waals surface area contributed by atoms with Crippen molar-refractivity contribution in [2.45, 2.75) is 20.3 Å². The quantitative estimate of drug-likeness (QED) is 0.251. The topological polar surface area (TPSA) is 0 Å². The van der Waals surface area contributed by atoms with Gasteiger partial charge < -0.3 is 24.8 Å². The molecule has 7 rings (SSSR count). The molecule has 2 aliphatic rings. The van der Waals surface area contributed by atoms with Gasteiger partial charge in [-0.1, -0.05) is 95.1 Å². The van der Waals surface area contributed by atoms with Crippen molar-refractivity contribution in [2.75, 3.05) is 0 Å². The van der Waals surface area contributed by atoms with E-state index in [2.05, 4.69) is 135 Å². The van der Waals surface area contributed by atoms with Crippen LogP contribution >= 0.6 is 0 Å². The molecular formula is C35H28Cl2Zr-2. The number of hydrogen-bond donors (Lipinski definition) is 0. The molecule has 0 unspecified atom stereocenters. The maximum atomic E-state index is 3.39. The van der Waals surface area contributed by atoms with Crippen molar-refractivity contribution in [3.05, 3.63) is 137 Å². The summed E-state index contributed by atoms with van der Waals surface area (Å²) in [6, 6.07) is 32.1. The summed E-state index contributed by atoms with van der Waals surface area (Å²) in [4.78, 5) is 0. The SMILES string of the molecule is C[C](C)=[Zr+2].[C-]1=CC=c2c1c1c(c3ccccc23)=CC=CC1.[Cl-].[Cl-].c1ccc(-c2cccc3[cH-]ccc23)cc1. The van der Waals surface area contributed by atoms with E-state index in [4.69, 9.17) is 0 Å². The molecule has 5 aromatic carbocycles. The molecule has 0 radical (unpaired) electrons. The molecule has 3 heteroatoms. The van der Waals surface area contributed by atoms with Gasteiger partial charge in [-0.2, -0.15) is 24.3 Å². The second kappa shape index (κ2) is 13.9. The van der Waals surface area contributed by atoms with Crippen LogP contribution in [-0.4, -0.2) is 3.21 Å².